The van der Waals surface area contributed by atoms with Crippen molar-refractivity contribution in [3.8, 4) is 0 Å². The molecule has 2 aliphatic rings. The number of rotatable bonds is 3. The number of aromatic nitrogens is 3. The van der Waals surface area contributed by atoms with Gasteiger partial charge in [-0.3, -0.25) is 19.8 Å². The van der Waals surface area contributed by atoms with Crippen LogP contribution in [-0.4, -0.2) is 40.9 Å². The molecule has 3 heterocycles. The third-order valence-electron chi connectivity index (χ3n) is 6.07. The van der Waals surface area contributed by atoms with Crippen molar-refractivity contribution in [3.05, 3.63) is 36.5 Å². The third kappa shape index (κ3) is 3.20. The van der Waals surface area contributed by atoms with Crippen LogP contribution in [0.15, 0.2) is 41.4 Å². The number of primary sulfonamides is 1. The number of hydrogen-bond donors (Lipinski definition) is 3. The number of nitrogens with two attached hydrogens (primary N) is 1. The predicted octanol–water partition coefficient (Wildman–Crippen LogP) is 2.28. The molecule has 0 radical (unpaired) electrons. The Bertz CT molecular complexity index is 1280. The molecule has 1 fully saturated rings. The maximum Gasteiger partial charge on any atom is 0.267 e. The Kier molecular flexibility index (Phi) is 4.41. The van der Waals surface area contributed by atoms with E-state index in [1.54, 1.807) is 30.4 Å². The normalized spacial score (nSPS) is 18.1. The number of carbonyl (C=O) groups excluding carboxylic acids is 1. The Balaban J connectivity index is 1.56. The van der Waals surface area contributed by atoms with Crippen LogP contribution in [0.3, 0.4) is 0 Å². The summed E-state index contributed by atoms with van der Waals surface area (Å²) >= 11 is 0. The molecule has 162 valence electrons. The molecular weight excluding hydrogens is 418 g/mol. The van der Waals surface area contributed by atoms with E-state index in [-0.39, 0.29) is 10.8 Å². The summed E-state index contributed by atoms with van der Waals surface area (Å²) in [5.74, 6) is 1.22. The quantitative estimate of drug-likeness (QED) is 0.567. The molecule has 2 aromatic heterocycles. The minimum absolute atomic E-state index is 0.0306. The minimum atomic E-state index is -3.75. The number of sulfonamides is 1. The van der Waals surface area contributed by atoms with Crippen molar-refractivity contribution in [2.24, 2.45) is 5.14 Å². The highest BCUT2D eigenvalue weighted by molar-refractivity contribution is 7.89. The van der Waals surface area contributed by atoms with Gasteiger partial charge in [-0.25, -0.2) is 18.5 Å². The van der Waals surface area contributed by atoms with Crippen LogP contribution >= 0.6 is 0 Å². The highest BCUT2D eigenvalue weighted by Gasteiger charge is 2.48. The van der Waals surface area contributed by atoms with Crippen LogP contribution in [0, 0.1) is 0 Å². The first-order chi connectivity index (χ1) is 14.8. The zero-order valence-electron chi connectivity index (χ0n) is 17.0. The number of likely N-dealkylation sites (N-methyl/N-ethyl adjacent to an activating group) is 1. The summed E-state index contributed by atoms with van der Waals surface area (Å²) in [4.78, 5) is 22.3. The predicted molar refractivity (Wildman–Crippen MR) is 116 cm³/mol. The molecule has 1 saturated carbocycles. The minimum Gasteiger partial charge on any atom is -0.324 e. The van der Waals surface area contributed by atoms with E-state index in [0.717, 1.165) is 43.3 Å². The fourth-order valence-electron chi connectivity index (χ4n) is 4.63. The zero-order valence-corrected chi connectivity index (χ0v) is 17.8. The highest BCUT2D eigenvalue weighted by Crippen LogP contribution is 2.44. The molecule has 0 atom stereocenters. The largest absolute Gasteiger partial charge is 0.324 e. The van der Waals surface area contributed by atoms with Crippen LogP contribution < -0.4 is 15.9 Å². The molecule has 10 nitrogen and oxygen atoms in total. The number of benzene rings is 1. The van der Waals surface area contributed by atoms with E-state index in [2.05, 4.69) is 15.7 Å². The van der Waals surface area contributed by atoms with E-state index in [1.165, 1.54) is 12.1 Å². The van der Waals surface area contributed by atoms with Gasteiger partial charge in [-0.05, 0) is 43.2 Å². The number of anilines is 3. The molecule has 0 bridgehead atoms. The second kappa shape index (κ2) is 6.92. The lowest BCUT2D eigenvalue weighted by Gasteiger charge is -2.44. The SMILES string of the molecule is CN1Nc2cc3cnc(Nc4ccc(S(N)(=O)=O)cc4)nc3n2C2(CCCCC2)C1=O. The van der Waals surface area contributed by atoms with Gasteiger partial charge in [0, 0.05) is 24.3 Å². The molecule has 3 aromatic rings. The maximum atomic E-state index is 13.2. The standard InChI is InChI=1S/C20H23N7O3S/c1-26-18(28)20(9-3-2-4-10-20)27-16(25-26)11-13-12-22-19(24-17(13)27)23-14-5-7-15(8-6-14)31(21,29)30/h5-8,11-12,25H,2-4,9-10H2,1H3,(H2,21,29,30)(H,22,23,24). The van der Waals surface area contributed by atoms with Crippen molar-refractivity contribution >= 4 is 44.4 Å². The number of fused-ring (bicyclic) bond motifs is 4. The van der Waals surface area contributed by atoms with E-state index in [9.17, 15) is 13.2 Å². The molecule has 5 rings (SSSR count). The molecule has 11 heteroatoms. The molecule has 1 aliphatic carbocycles. The van der Waals surface area contributed by atoms with Crippen molar-refractivity contribution < 1.29 is 13.2 Å². The molecule has 1 spiro atoms. The van der Waals surface area contributed by atoms with Crippen LogP contribution in [-0.2, 0) is 20.4 Å². The summed E-state index contributed by atoms with van der Waals surface area (Å²) in [7, 11) is -2.00. The Morgan fingerprint density at radius 3 is 2.55 bits per heavy atom. The summed E-state index contributed by atoms with van der Waals surface area (Å²) in [6, 6.07) is 8.00. The summed E-state index contributed by atoms with van der Waals surface area (Å²) in [6.07, 6.45) is 6.37. The molecule has 1 aromatic carbocycles. The van der Waals surface area contributed by atoms with Gasteiger partial charge in [0.25, 0.3) is 5.91 Å². The fourth-order valence-corrected chi connectivity index (χ4v) is 5.14. The third-order valence-corrected chi connectivity index (χ3v) is 7.00. The zero-order chi connectivity index (χ0) is 21.8. The van der Waals surface area contributed by atoms with Gasteiger partial charge < -0.3 is 5.32 Å². The van der Waals surface area contributed by atoms with Gasteiger partial charge in [-0.15, -0.1) is 0 Å². The average molecular weight is 442 g/mol. The lowest BCUT2D eigenvalue weighted by Crippen LogP contribution is -2.56. The molecule has 31 heavy (non-hydrogen) atoms. The molecule has 0 unspecified atom stereocenters. The lowest BCUT2D eigenvalue weighted by molar-refractivity contribution is -0.141. The second-order valence-corrected chi connectivity index (χ2v) is 9.66. The van der Waals surface area contributed by atoms with Gasteiger partial charge in [-0.1, -0.05) is 19.3 Å². The van der Waals surface area contributed by atoms with Crippen LogP contribution in [0.5, 0.6) is 0 Å². The Hall–Kier alpha value is -3.18. The van der Waals surface area contributed by atoms with Gasteiger partial charge in [0.2, 0.25) is 16.0 Å². The van der Waals surface area contributed by atoms with Gasteiger partial charge >= 0.3 is 0 Å². The topological polar surface area (TPSA) is 135 Å². The van der Waals surface area contributed by atoms with Crippen LogP contribution in [0.1, 0.15) is 32.1 Å². The highest BCUT2D eigenvalue weighted by atomic mass is 32.2. The Labute approximate surface area is 179 Å². The van der Waals surface area contributed by atoms with Crippen molar-refractivity contribution in [1.82, 2.24) is 19.5 Å². The molecular formula is C20H23N7O3S. The van der Waals surface area contributed by atoms with E-state index >= 15 is 0 Å². The lowest BCUT2D eigenvalue weighted by atomic mass is 9.80. The van der Waals surface area contributed by atoms with Gasteiger partial charge in [-0.2, -0.15) is 4.98 Å². The van der Waals surface area contributed by atoms with E-state index < -0.39 is 15.6 Å². The Morgan fingerprint density at radius 1 is 1.16 bits per heavy atom. The van der Waals surface area contributed by atoms with E-state index in [0.29, 0.717) is 17.3 Å². The van der Waals surface area contributed by atoms with Crippen LogP contribution in [0.4, 0.5) is 17.5 Å². The van der Waals surface area contributed by atoms with E-state index in [4.69, 9.17) is 10.1 Å². The van der Waals surface area contributed by atoms with Gasteiger partial charge in [0.05, 0.1) is 4.90 Å². The number of hydrazine groups is 1. The molecule has 1 amide bonds. The first-order valence-electron chi connectivity index (χ1n) is 10.1. The van der Waals surface area contributed by atoms with E-state index in [1.807, 2.05) is 10.6 Å². The summed E-state index contributed by atoms with van der Waals surface area (Å²) < 4.78 is 24.9. The smallest absolute Gasteiger partial charge is 0.267 e. The second-order valence-electron chi connectivity index (χ2n) is 8.10. The summed E-state index contributed by atoms with van der Waals surface area (Å²) in [6.45, 7) is 0. The number of carbonyl (C=O) groups is 1. The Morgan fingerprint density at radius 2 is 1.87 bits per heavy atom. The molecule has 4 N–H and O–H groups in total. The summed E-state index contributed by atoms with van der Waals surface area (Å²) in [5.41, 5.74) is 3.82. The van der Waals surface area contributed by atoms with Gasteiger partial charge in [0.15, 0.2) is 0 Å². The number of amides is 1. The number of hydrogen-bond acceptors (Lipinski definition) is 7. The number of nitrogens with one attached hydrogen (secondary N) is 2. The van der Waals surface area contributed by atoms with Crippen LogP contribution in [0.2, 0.25) is 0 Å². The van der Waals surface area contributed by atoms with Crippen molar-refractivity contribution in [1.29, 1.82) is 0 Å². The molecule has 0 saturated heterocycles. The van der Waals surface area contributed by atoms with Crippen molar-refractivity contribution in [2.45, 2.75) is 42.5 Å². The summed E-state index contributed by atoms with van der Waals surface area (Å²) in [5, 5.41) is 10.7. The average Bonchev–Trinajstić information content (AvgIpc) is 3.11. The van der Waals surface area contributed by atoms with Gasteiger partial charge in [0.1, 0.15) is 17.0 Å². The number of nitrogens with zero attached hydrogens (tertiary/aromatic N) is 4. The first-order valence-corrected chi connectivity index (χ1v) is 11.7. The monoisotopic (exact) mass is 441 g/mol. The van der Waals surface area contributed by atoms with Crippen molar-refractivity contribution in [2.75, 3.05) is 17.8 Å². The fraction of sp³-hybridized carbons (Fsp3) is 0.350. The van der Waals surface area contributed by atoms with Crippen molar-refractivity contribution in [3.63, 3.8) is 0 Å². The van der Waals surface area contributed by atoms with Crippen LogP contribution in [0.25, 0.3) is 11.0 Å². The molecule has 1 aliphatic heterocycles. The maximum absolute atomic E-state index is 13.2. The first kappa shape index (κ1) is 19.8.